The number of aromatic nitrogens is 2. The minimum absolute atomic E-state index is 0.0840. The summed E-state index contributed by atoms with van der Waals surface area (Å²) in [4.78, 5) is 27.5. The molecule has 0 fully saturated rings. The van der Waals surface area contributed by atoms with Crippen molar-refractivity contribution in [3.63, 3.8) is 0 Å². The van der Waals surface area contributed by atoms with Gasteiger partial charge in [-0.1, -0.05) is 36.4 Å². The molecule has 1 unspecified atom stereocenters. The number of rotatable bonds is 1. The molecule has 2 aliphatic rings. The van der Waals surface area contributed by atoms with Crippen molar-refractivity contribution < 1.29 is 9.59 Å². The first kappa shape index (κ1) is 14.9. The minimum Gasteiger partial charge on any atom is -0.314 e. The van der Waals surface area contributed by atoms with Gasteiger partial charge in [-0.05, 0) is 23.8 Å². The lowest BCUT2D eigenvalue weighted by Gasteiger charge is -2.32. The van der Waals surface area contributed by atoms with E-state index in [0.29, 0.717) is 5.82 Å². The Bertz CT molecular complexity index is 1060. The summed E-state index contributed by atoms with van der Waals surface area (Å²) in [5.41, 5.74) is 2.25. The Hall–Kier alpha value is -3.41. The van der Waals surface area contributed by atoms with E-state index in [1.54, 1.807) is 22.8 Å². The highest BCUT2D eigenvalue weighted by molar-refractivity contribution is 6.15. The molecular weight excluding hydrogens is 328 g/mol. The van der Waals surface area contributed by atoms with E-state index in [1.807, 2.05) is 54.6 Å². The topological polar surface area (TPSA) is 67.2 Å². The van der Waals surface area contributed by atoms with Crippen molar-refractivity contribution in [2.24, 2.45) is 0 Å². The van der Waals surface area contributed by atoms with Crippen molar-refractivity contribution in [3.8, 4) is 5.69 Å². The Morgan fingerprint density at radius 2 is 1.73 bits per heavy atom. The van der Waals surface area contributed by atoms with Crippen molar-refractivity contribution in [2.75, 3.05) is 17.3 Å². The van der Waals surface area contributed by atoms with Gasteiger partial charge in [0.05, 0.1) is 11.9 Å². The van der Waals surface area contributed by atoms with Crippen molar-refractivity contribution in [2.45, 2.75) is 11.8 Å². The molecule has 5 rings (SSSR count). The largest absolute Gasteiger partial charge is 0.314 e. The van der Waals surface area contributed by atoms with Crippen LogP contribution >= 0.6 is 0 Å². The number of carbonyl (C=O) groups excluding carboxylic acids is 2. The van der Waals surface area contributed by atoms with E-state index >= 15 is 0 Å². The molecule has 6 nitrogen and oxygen atoms in total. The van der Waals surface area contributed by atoms with Gasteiger partial charge in [0.2, 0.25) is 11.8 Å². The second-order valence-electron chi connectivity index (χ2n) is 6.67. The van der Waals surface area contributed by atoms with Crippen LogP contribution in [0.1, 0.15) is 17.5 Å². The Balaban J connectivity index is 1.79. The zero-order valence-corrected chi connectivity index (χ0v) is 14.1. The number of hydrogen-bond acceptors (Lipinski definition) is 3. The molecule has 1 N–H and O–H groups in total. The van der Waals surface area contributed by atoms with Crippen LogP contribution in [0.25, 0.3) is 5.69 Å². The van der Waals surface area contributed by atoms with Gasteiger partial charge in [-0.25, -0.2) is 4.68 Å². The number of carbonyl (C=O) groups is 2. The maximum Gasteiger partial charge on any atom is 0.242 e. The Labute approximate surface area is 150 Å². The van der Waals surface area contributed by atoms with E-state index in [9.17, 15) is 9.59 Å². The maximum atomic E-state index is 13.3. The van der Waals surface area contributed by atoms with Gasteiger partial charge in [0, 0.05) is 24.7 Å². The van der Waals surface area contributed by atoms with Crippen molar-refractivity contribution >= 4 is 23.3 Å². The lowest BCUT2D eigenvalue weighted by Crippen LogP contribution is -2.45. The molecule has 2 aromatic carbocycles. The molecule has 1 aromatic heterocycles. The summed E-state index contributed by atoms with van der Waals surface area (Å²) in [6, 6.07) is 17.2. The second kappa shape index (κ2) is 5.05. The zero-order chi connectivity index (χ0) is 17.9. The molecule has 3 aromatic rings. The van der Waals surface area contributed by atoms with E-state index in [4.69, 9.17) is 0 Å². The first-order chi connectivity index (χ1) is 12.6. The van der Waals surface area contributed by atoms with Gasteiger partial charge >= 0.3 is 0 Å². The van der Waals surface area contributed by atoms with Crippen LogP contribution in [0.3, 0.4) is 0 Å². The first-order valence-corrected chi connectivity index (χ1v) is 8.44. The quantitative estimate of drug-likeness (QED) is 0.737. The fraction of sp³-hybridized carbons (Fsp3) is 0.150. The van der Waals surface area contributed by atoms with Crippen LogP contribution in [0.15, 0.2) is 60.8 Å². The molecule has 0 radical (unpaired) electrons. The summed E-state index contributed by atoms with van der Waals surface area (Å²) in [5.74, 6) is 0.280. The average molecular weight is 344 g/mol. The van der Waals surface area contributed by atoms with Crippen LogP contribution in [0.5, 0.6) is 0 Å². The van der Waals surface area contributed by atoms with Gasteiger partial charge in [-0.2, -0.15) is 5.10 Å². The van der Waals surface area contributed by atoms with Gasteiger partial charge in [-0.15, -0.1) is 0 Å². The molecule has 2 amide bonds. The van der Waals surface area contributed by atoms with Crippen molar-refractivity contribution in [1.82, 2.24) is 9.78 Å². The van der Waals surface area contributed by atoms with E-state index in [-0.39, 0.29) is 18.2 Å². The molecule has 1 atom stereocenters. The smallest absolute Gasteiger partial charge is 0.242 e. The summed E-state index contributed by atoms with van der Waals surface area (Å²) >= 11 is 0. The molecule has 0 saturated heterocycles. The third-order valence-corrected chi connectivity index (χ3v) is 5.31. The Kier molecular flexibility index (Phi) is 2.89. The summed E-state index contributed by atoms with van der Waals surface area (Å²) in [6.45, 7) is 0. The number of nitrogens with zero attached hydrogens (tertiary/aromatic N) is 3. The second-order valence-corrected chi connectivity index (χ2v) is 6.67. The normalized spacial score (nSPS) is 20.9. The monoisotopic (exact) mass is 344 g/mol. The summed E-state index contributed by atoms with van der Waals surface area (Å²) in [7, 11) is 1.75. The summed E-state index contributed by atoms with van der Waals surface area (Å²) in [5, 5.41) is 7.40. The third kappa shape index (κ3) is 1.73. The maximum absolute atomic E-state index is 13.3. The van der Waals surface area contributed by atoms with Crippen LogP contribution < -0.4 is 10.2 Å². The Morgan fingerprint density at radius 3 is 2.54 bits per heavy atom. The number of benzene rings is 2. The van der Waals surface area contributed by atoms with E-state index in [1.165, 1.54) is 0 Å². The minimum atomic E-state index is -1.02. The highest BCUT2D eigenvalue weighted by Crippen LogP contribution is 2.51. The third-order valence-electron chi connectivity index (χ3n) is 5.31. The van der Waals surface area contributed by atoms with Crippen LogP contribution in [0.4, 0.5) is 11.5 Å². The molecule has 2 aliphatic heterocycles. The van der Waals surface area contributed by atoms with Gasteiger partial charge in [-0.3, -0.25) is 9.59 Å². The molecule has 6 heteroatoms. The Morgan fingerprint density at radius 1 is 1.00 bits per heavy atom. The van der Waals surface area contributed by atoms with Gasteiger partial charge < -0.3 is 10.2 Å². The number of likely N-dealkylation sites (N-methyl/N-ethyl adjacent to an activating group) is 1. The van der Waals surface area contributed by atoms with Crippen molar-refractivity contribution in [1.29, 1.82) is 0 Å². The predicted molar refractivity (Wildman–Crippen MR) is 97.4 cm³/mol. The number of hydrogen-bond donors (Lipinski definition) is 1. The molecule has 0 saturated carbocycles. The zero-order valence-electron chi connectivity index (χ0n) is 14.1. The molecular formula is C20H16N4O2. The molecule has 1 spiro atoms. The van der Waals surface area contributed by atoms with E-state index < -0.39 is 5.41 Å². The number of para-hydroxylation sites is 2. The highest BCUT2D eigenvalue weighted by atomic mass is 16.2. The van der Waals surface area contributed by atoms with Crippen LogP contribution in [-0.4, -0.2) is 28.6 Å². The predicted octanol–water partition coefficient (Wildman–Crippen LogP) is 2.48. The van der Waals surface area contributed by atoms with Crippen molar-refractivity contribution in [3.05, 3.63) is 71.9 Å². The molecule has 26 heavy (non-hydrogen) atoms. The lowest BCUT2D eigenvalue weighted by atomic mass is 9.72. The van der Waals surface area contributed by atoms with Crippen LogP contribution in [0.2, 0.25) is 0 Å². The standard InChI is InChI=1S/C20H16N4O2/c1-23-16-10-6-5-9-14(16)20(19(23)26)11-17(25)22-18-15(20)12-21-24(18)13-7-3-2-4-8-13/h2-10,12H,11H2,1H3,(H,22,25). The molecule has 0 aliphatic carbocycles. The average Bonchev–Trinajstić information content (AvgIpc) is 3.18. The summed E-state index contributed by atoms with van der Waals surface area (Å²) < 4.78 is 1.68. The molecule has 3 heterocycles. The number of nitrogens with one attached hydrogen (secondary N) is 1. The number of anilines is 2. The van der Waals surface area contributed by atoms with Gasteiger partial charge in [0.25, 0.3) is 0 Å². The SMILES string of the molecule is CN1C(=O)C2(CC(=O)Nc3c2cnn3-c2ccccc2)c2ccccc21. The van der Waals surface area contributed by atoms with Crippen LogP contribution in [-0.2, 0) is 15.0 Å². The number of amides is 2. The highest BCUT2D eigenvalue weighted by Gasteiger charge is 2.56. The van der Waals surface area contributed by atoms with Gasteiger partial charge in [0.1, 0.15) is 11.2 Å². The molecule has 0 bridgehead atoms. The molecule has 128 valence electrons. The van der Waals surface area contributed by atoms with E-state index in [0.717, 1.165) is 22.5 Å². The van der Waals surface area contributed by atoms with E-state index in [2.05, 4.69) is 10.4 Å². The summed E-state index contributed by atoms with van der Waals surface area (Å²) in [6.07, 6.45) is 1.79. The fourth-order valence-corrected chi connectivity index (χ4v) is 4.13. The fourth-order valence-electron chi connectivity index (χ4n) is 4.13. The lowest BCUT2D eigenvalue weighted by molar-refractivity contribution is -0.126. The number of fused-ring (bicyclic) bond motifs is 4. The van der Waals surface area contributed by atoms with Gasteiger partial charge in [0.15, 0.2) is 0 Å². The van der Waals surface area contributed by atoms with Crippen LogP contribution in [0, 0.1) is 0 Å². The first-order valence-electron chi connectivity index (χ1n) is 8.44.